The van der Waals surface area contributed by atoms with E-state index >= 15 is 0 Å². The van der Waals surface area contributed by atoms with E-state index in [1.54, 1.807) is 4.90 Å². The maximum atomic E-state index is 12.7. The van der Waals surface area contributed by atoms with Crippen LogP contribution in [0.1, 0.15) is 48.1 Å². The lowest BCUT2D eigenvalue weighted by Crippen LogP contribution is -2.42. The van der Waals surface area contributed by atoms with Crippen molar-refractivity contribution in [1.29, 1.82) is 0 Å². The molecule has 26 heavy (non-hydrogen) atoms. The molecule has 2 amide bonds. The summed E-state index contributed by atoms with van der Waals surface area (Å²) in [5.74, 6) is 0. The molecule has 4 nitrogen and oxygen atoms in total. The van der Waals surface area contributed by atoms with Gasteiger partial charge in [-0.3, -0.25) is 0 Å². The van der Waals surface area contributed by atoms with Crippen molar-refractivity contribution in [3.8, 4) is 0 Å². The summed E-state index contributed by atoms with van der Waals surface area (Å²) in [4.78, 5) is 14.4. The Morgan fingerprint density at radius 3 is 2.58 bits per heavy atom. The number of aryl methyl sites for hydroxylation is 2. The van der Waals surface area contributed by atoms with Crippen molar-refractivity contribution in [3.05, 3.63) is 70.8 Å². The summed E-state index contributed by atoms with van der Waals surface area (Å²) in [5.41, 5.74) is 5.07. The zero-order valence-electron chi connectivity index (χ0n) is 15.4. The first-order valence-electron chi connectivity index (χ1n) is 9.49. The van der Waals surface area contributed by atoms with Crippen LogP contribution >= 0.6 is 0 Å². The van der Waals surface area contributed by atoms with Crippen LogP contribution < -0.4 is 5.32 Å². The molecule has 138 valence electrons. The molecule has 1 atom stereocenters. The number of hydrogen-bond donors (Lipinski definition) is 2. The Balaban J connectivity index is 1.66. The number of rotatable bonds is 6. The maximum Gasteiger partial charge on any atom is 0.318 e. The Kier molecular flexibility index (Phi) is 6.29. The fourth-order valence-electron chi connectivity index (χ4n) is 3.56. The van der Waals surface area contributed by atoms with Gasteiger partial charge < -0.3 is 15.3 Å². The van der Waals surface area contributed by atoms with Gasteiger partial charge in [0.1, 0.15) is 0 Å². The quantitative estimate of drug-likeness (QED) is 0.830. The van der Waals surface area contributed by atoms with Gasteiger partial charge in [-0.1, -0.05) is 48.5 Å². The summed E-state index contributed by atoms with van der Waals surface area (Å²) < 4.78 is 0. The third kappa shape index (κ3) is 4.64. The van der Waals surface area contributed by atoms with E-state index < -0.39 is 0 Å². The Bertz CT molecular complexity index is 730. The largest absolute Gasteiger partial charge is 0.395 e. The summed E-state index contributed by atoms with van der Waals surface area (Å²) in [6.45, 7) is 2.78. The number of nitrogens with one attached hydrogen (secondary N) is 1. The molecule has 0 saturated heterocycles. The van der Waals surface area contributed by atoms with E-state index in [1.807, 2.05) is 37.3 Å². The monoisotopic (exact) mass is 352 g/mol. The van der Waals surface area contributed by atoms with Gasteiger partial charge in [-0.05, 0) is 54.9 Å². The first-order chi connectivity index (χ1) is 12.7. The van der Waals surface area contributed by atoms with Crippen LogP contribution in [0.5, 0.6) is 0 Å². The molecule has 3 rings (SSSR count). The molecule has 0 saturated carbocycles. The van der Waals surface area contributed by atoms with Crippen molar-refractivity contribution >= 4 is 6.03 Å². The number of aliphatic hydroxyl groups is 1. The fourth-order valence-corrected chi connectivity index (χ4v) is 3.56. The number of hydrogen-bond acceptors (Lipinski definition) is 2. The van der Waals surface area contributed by atoms with Crippen LogP contribution in [0.4, 0.5) is 4.79 Å². The summed E-state index contributed by atoms with van der Waals surface area (Å²) >= 11 is 0. The first-order valence-corrected chi connectivity index (χ1v) is 9.49. The molecule has 2 N–H and O–H groups in total. The van der Waals surface area contributed by atoms with Crippen LogP contribution in [0.15, 0.2) is 48.5 Å². The van der Waals surface area contributed by atoms with Crippen LogP contribution in [0.3, 0.4) is 0 Å². The zero-order valence-corrected chi connectivity index (χ0v) is 15.4. The molecular weight excluding hydrogens is 324 g/mol. The third-order valence-electron chi connectivity index (χ3n) is 5.09. The highest BCUT2D eigenvalue weighted by Gasteiger charge is 2.18. The molecule has 2 aromatic carbocycles. The smallest absolute Gasteiger partial charge is 0.318 e. The van der Waals surface area contributed by atoms with Gasteiger partial charge >= 0.3 is 6.03 Å². The van der Waals surface area contributed by atoms with E-state index in [1.165, 1.54) is 24.0 Å². The van der Waals surface area contributed by atoms with E-state index in [0.29, 0.717) is 13.1 Å². The van der Waals surface area contributed by atoms with Crippen molar-refractivity contribution in [1.82, 2.24) is 10.2 Å². The molecule has 0 heterocycles. The van der Waals surface area contributed by atoms with Crippen molar-refractivity contribution < 1.29 is 9.90 Å². The summed E-state index contributed by atoms with van der Waals surface area (Å²) in [5, 5.41) is 12.4. The molecule has 0 aromatic heterocycles. The molecule has 1 aliphatic carbocycles. The molecule has 4 heteroatoms. The standard InChI is InChI=1S/C22H28N2O2/c1-17(20-12-11-19-9-5-6-10-21(19)15-20)23-22(26)24(13-14-25)16-18-7-3-2-4-8-18/h2-4,7-8,11-12,15,17,25H,5-6,9-10,13-14,16H2,1H3,(H,23,26). The molecule has 0 bridgehead atoms. The molecule has 1 unspecified atom stereocenters. The Hall–Kier alpha value is -2.33. The fraction of sp³-hybridized carbons (Fsp3) is 0.409. The van der Waals surface area contributed by atoms with Gasteiger partial charge in [0.2, 0.25) is 0 Å². The van der Waals surface area contributed by atoms with Gasteiger partial charge in [-0.25, -0.2) is 4.79 Å². The second-order valence-electron chi connectivity index (χ2n) is 7.04. The predicted molar refractivity (Wildman–Crippen MR) is 104 cm³/mol. The first kappa shape index (κ1) is 18.5. The Labute approximate surface area is 155 Å². The van der Waals surface area contributed by atoms with Crippen LogP contribution in [0.2, 0.25) is 0 Å². The predicted octanol–water partition coefficient (Wildman–Crippen LogP) is 3.83. The molecule has 0 fully saturated rings. The Morgan fingerprint density at radius 2 is 1.85 bits per heavy atom. The number of aliphatic hydroxyl groups excluding tert-OH is 1. The average molecular weight is 352 g/mol. The minimum Gasteiger partial charge on any atom is -0.395 e. The van der Waals surface area contributed by atoms with E-state index in [2.05, 4.69) is 23.5 Å². The van der Waals surface area contributed by atoms with Crippen LogP contribution in [0, 0.1) is 0 Å². The van der Waals surface area contributed by atoms with Gasteiger partial charge in [0, 0.05) is 13.1 Å². The second kappa shape index (κ2) is 8.86. The second-order valence-corrected chi connectivity index (χ2v) is 7.04. The molecule has 2 aromatic rings. The van der Waals surface area contributed by atoms with Crippen LogP contribution in [-0.4, -0.2) is 29.2 Å². The average Bonchev–Trinajstić information content (AvgIpc) is 2.68. The summed E-state index contributed by atoms with van der Waals surface area (Å²) in [6.07, 6.45) is 4.82. The van der Waals surface area contributed by atoms with E-state index in [-0.39, 0.29) is 18.7 Å². The molecule has 1 aliphatic rings. The lowest BCUT2D eigenvalue weighted by Gasteiger charge is -2.26. The van der Waals surface area contributed by atoms with Crippen LogP contribution in [-0.2, 0) is 19.4 Å². The number of carbonyl (C=O) groups is 1. The third-order valence-corrected chi connectivity index (χ3v) is 5.09. The summed E-state index contributed by atoms with van der Waals surface area (Å²) in [6, 6.07) is 16.2. The van der Waals surface area contributed by atoms with Crippen LogP contribution in [0.25, 0.3) is 0 Å². The van der Waals surface area contributed by atoms with Gasteiger partial charge in [0.05, 0.1) is 12.6 Å². The highest BCUT2D eigenvalue weighted by atomic mass is 16.3. The number of benzene rings is 2. The zero-order chi connectivity index (χ0) is 18.4. The summed E-state index contributed by atoms with van der Waals surface area (Å²) in [7, 11) is 0. The number of amides is 2. The number of urea groups is 1. The van der Waals surface area contributed by atoms with Gasteiger partial charge in [-0.2, -0.15) is 0 Å². The maximum absolute atomic E-state index is 12.7. The molecular formula is C22H28N2O2. The normalized spacial score (nSPS) is 14.4. The molecule has 0 spiro atoms. The van der Waals surface area contributed by atoms with Gasteiger partial charge in [-0.15, -0.1) is 0 Å². The van der Waals surface area contributed by atoms with Crippen molar-refractivity contribution in [2.45, 2.75) is 45.2 Å². The van der Waals surface area contributed by atoms with Gasteiger partial charge in [0.15, 0.2) is 0 Å². The van der Waals surface area contributed by atoms with Gasteiger partial charge in [0.25, 0.3) is 0 Å². The number of fused-ring (bicyclic) bond motifs is 1. The molecule has 0 aliphatic heterocycles. The van der Waals surface area contributed by atoms with E-state index in [9.17, 15) is 9.90 Å². The lowest BCUT2D eigenvalue weighted by atomic mass is 9.89. The number of nitrogens with zero attached hydrogens (tertiary/aromatic N) is 1. The molecule has 0 radical (unpaired) electrons. The lowest BCUT2D eigenvalue weighted by molar-refractivity contribution is 0.171. The van der Waals surface area contributed by atoms with Crippen molar-refractivity contribution in [2.24, 2.45) is 0 Å². The minimum atomic E-state index is -0.145. The minimum absolute atomic E-state index is 0.0481. The SMILES string of the molecule is CC(NC(=O)N(CCO)Cc1ccccc1)c1ccc2c(c1)CCCC2. The van der Waals surface area contributed by atoms with Crippen molar-refractivity contribution in [3.63, 3.8) is 0 Å². The van der Waals surface area contributed by atoms with Crippen molar-refractivity contribution in [2.75, 3.05) is 13.2 Å². The van der Waals surface area contributed by atoms with E-state index in [4.69, 9.17) is 0 Å². The highest BCUT2D eigenvalue weighted by molar-refractivity contribution is 5.74. The van der Waals surface area contributed by atoms with E-state index in [0.717, 1.165) is 24.0 Å². The highest BCUT2D eigenvalue weighted by Crippen LogP contribution is 2.25. The topological polar surface area (TPSA) is 52.6 Å². The Morgan fingerprint density at radius 1 is 1.12 bits per heavy atom. The number of carbonyl (C=O) groups excluding carboxylic acids is 1.